The van der Waals surface area contributed by atoms with Crippen molar-refractivity contribution in [2.24, 2.45) is 5.73 Å². The Morgan fingerprint density at radius 1 is 1.25 bits per heavy atom. The molecule has 2 aromatic rings. The van der Waals surface area contributed by atoms with Gasteiger partial charge in [-0.05, 0) is 24.6 Å². The van der Waals surface area contributed by atoms with E-state index in [1.807, 2.05) is 31.2 Å². The molecule has 0 aliphatic rings. The van der Waals surface area contributed by atoms with Crippen molar-refractivity contribution in [3.8, 4) is 5.75 Å². The lowest BCUT2D eigenvalue weighted by molar-refractivity contribution is 0.300. The number of ether oxygens (including phenoxy) is 1. The smallest absolute Gasteiger partial charge is 0.124 e. The fourth-order valence-corrected chi connectivity index (χ4v) is 2.40. The molecule has 0 aliphatic heterocycles. The molecule has 1 unspecified atom stereocenters. The molecule has 0 amide bonds. The van der Waals surface area contributed by atoms with Crippen molar-refractivity contribution in [3.63, 3.8) is 0 Å². The van der Waals surface area contributed by atoms with Gasteiger partial charge in [0.1, 0.15) is 18.2 Å². The van der Waals surface area contributed by atoms with E-state index in [9.17, 15) is 4.39 Å². The van der Waals surface area contributed by atoms with E-state index in [1.165, 1.54) is 12.1 Å². The van der Waals surface area contributed by atoms with E-state index >= 15 is 0 Å². The molecular formula is C16H17BrFNO. The van der Waals surface area contributed by atoms with Crippen molar-refractivity contribution in [1.29, 1.82) is 0 Å². The van der Waals surface area contributed by atoms with Crippen molar-refractivity contribution in [2.45, 2.75) is 26.0 Å². The van der Waals surface area contributed by atoms with E-state index in [0.29, 0.717) is 11.1 Å². The van der Waals surface area contributed by atoms with Crippen LogP contribution in [0.5, 0.6) is 5.75 Å². The molecule has 4 heteroatoms. The maximum absolute atomic E-state index is 13.0. The van der Waals surface area contributed by atoms with Gasteiger partial charge in [-0.25, -0.2) is 4.39 Å². The highest BCUT2D eigenvalue weighted by Crippen LogP contribution is 2.27. The zero-order valence-electron chi connectivity index (χ0n) is 11.3. The lowest BCUT2D eigenvalue weighted by Crippen LogP contribution is -2.10. The zero-order valence-corrected chi connectivity index (χ0v) is 12.9. The lowest BCUT2D eigenvalue weighted by atomic mass is 10.0. The van der Waals surface area contributed by atoms with Crippen LogP contribution in [0, 0.1) is 5.82 Å². The van der Waals surface area contributed by atoms with Crippen molar-refractivity contribution in [2.75, 3.05) is 0 Å². The van der Waals surface area contributed by atoms with Crippen LogP contribution in [-0.2, 0) is 6.61 Å². The predicted octanol–water partition coefficient (Wildman–Crippen LogP) is 4.58. The summed E-state index contributed by atoms with van der Waals surface area (Å²) >= 11 is 3.34. The topological polar surface area (TPSA) is 35.2 Å². The van der Waals surface area contributed by atoms with Crippen molar-refractivity contribution in [3.05, 3.63) is 63.9 Å². The first-order valence-corrected chi connectivity index (χ1v) is 7.32. The summed E-state index contributed by atoms with van der Waals surface area (Å²) in [6.07, 6.45) is 0.848. The van der Waals surface area contributed by atoms with Crippen LogP contribution in [0.15, 0.2) is 46.9 Å². The third-order valence-electron chi connectivity index (χ3n) is 3.16. The molecule has 20 heavy (non-hydrogen) atoms. The summed E-state index contributed by atoms with van der Waals surface area (Å²) in [6, 6.07) is 12.3. The van der Waals surface area contributed by atoms with E-state index in [1.54, 1.807) is 6.07 Å². The first-order chi connectivity index (χ1) is 9.61. The van der Waals surface area contributed by atoms with Gasteiger partial charge in [-0.15, -0.1) is 0 Å². The molecule has 0 saturated heterocycles. The minimum absolute atomic E-state index is 0.0390. The van der Waals surface area contributed by atoms with Gasteiger partial charge in [-0.2, -0.15) is 0 Å². The molecule has 0 aromatic heterocycles. The van der Waals surface area contributed by atoms with Crippen LogP contribution in [0.3, 0.4) is 0 Å². The molecule has 0 bridgehead atoms. The number of hydrogen-bond acceptors (Lipinski definition) is 2. The first-order valence-electron chi connectivity index (χ1n) is 6.53. The normalized spacial score (nSPS) is 12.2. The summed E-state index contributed by atoms with van der Waals surface area (Å²) < 4.78 is 19.6. The van der Waals surface area contributed by atoms with Gasteiger partial charge in [0.2, 0.25) is 0 Å². The highest BCUT2D eigenvalue weighted by Gasteiger charge is 2.10. The fourth-order valence-electron chi connectivity index (χ4n) is 1.93. The van der Waals surface area contributed by atoms with Gasteiger partial charge >= 0.3 is 0 Å². The highest BCUT2D eigenvalue weighted by atomic mass is 79.9. The molecule has 0 heterocycles. The van der Waals surface area contributed by atoms with E-state index in [0.717, 1.165) is 23.3 Å². The van der Waals surface area contributed by atoms with Crippen LogP contribution in [0.1, 0.15) is 30.5 Å². The Morgan fingerprint density at radius 3 is 2.70 bits per heavy atom. The van der Waals surface area contributed by atoms with Gasteiger partial charge in [0.25, 0.3) is 0 Å². The SMILES string of the molecule is CCC(N)c1ccccc1OCc1ccc(F)cc1Br. The Bertz CT molecular complexity index is 588. The molecule has 106 valence electrons. The number of hydrogen-bond donors (Lipinski definition) is 1. The Morgan fingerprint density at radius 2 is 2.00 bits per heavy atom. The minimum Gasteiger partial charge on any atom is -0.489 e. The van der Waals surface area contributed by atoms with E-state index in [-0.39, 0.29) is 11.9 Å². The first kappa shape index (κ1) is 15.0. The largest absolute Gasteiger partial charge is 0.489 e. The van der Waals surface area contributed by atoms with Crippen LogP contribution in [0.2, 0.25) is 0 Å². The number of halogens is 2. The molecule has 0 aliphatic carbocycles. The fraction of sp³-hybridized carbons (Fsp3) is 0.250. The molecule has 0 radical (unpaired) electrons. The molecule has 2 N–H and O–H groups in total. The summed E-state index contributed by atoms with van der Waals surface area (Å²) in [5.74, 6) is 0.507. The maximum atomic E-state index is 13.0. The summed E-state index contributed by atoms with van der Waals surface area (Å²) in [4.78, 5) is 0. The van der Waals surface area contributed by atoms with Gasteiger partial charge in [0.15, 0.2) is 0 Å². The highest BCUT2D eigenvalue weighted by molar-refractivity contribution is 9.10. The number of rotatable bonds is 5. The predicted molar refractivity (Wildman–Crippen MR) is 82.1 cm³/mol. The van der Waals surface area contributed by atoms with Crippen LogP contribution in [0.4, 0.5) is 4.39 Å². The summed E-state index contributed by atoms with van der Waals surface area (Å²) in [5.41, 5.74) is 7.96. The number of benzene rings is 2. The van der Waals surface area contributed by atoms with Crippen LogP contribution >= 0.6 is 15.9 Å². The second-order valence-electron chi connectivity index (χ2n) is 4.58. The Balaban J connectivity index is 2.15. The zero-order chi connectivity index (χ0) is 14.5. The standard InChI is InChI=1S/C16H17BrFNO/c1-2-15(19)13-5-3-4-6-16(13)20-10-11-7-8-12(18)9-14(11)17/h3-9,15H,2,10,19H2,1H3. The van der Waals surface area contributed by atoms with Gasteiger partial charge < -0.3 is 10.5 Å². The average molecular weight is 338 g/mol. The monoisotopic (exact) mass is 337 g/mol. The van der Waals surface area contributed by atoms with Crippen LogP contribution < -0.4 is 10.5 Å². The third-order valence-corrected chi connectivity index (χ3v) is 3.89. The lowest BCUT2D eigenvalue weighted by Gasteiger charge is -2.16. The second-order valence-corrected chi connectivity index (χ2v) is 5.43. The Kier molecular flexibility index (Phi) is 5.15. The summed E-state index contributed by atoms with van der Waals surface area (Å²) in [5, 5.41) is 0. The van der Waals surface area contributed by atoms with E-state index in [2.05, 4.69) is 15.9 Å². The molecule has 2 aromatic carbocycles. The van der Waals surface area contributed by atoms with E-state index < -0.39 is 0 Å². The van der Waals surface area contributed by atoms with Crippen molar-refractivity contribution < 1.29 is 9.13 Å². The van der Waals surface area contributed by atoms with E-state index in [4.69, 9.17) is 10.5 Å². The molecular weight excluding hydrogens is 321 g/mol. The Labute approximate surface area is 126 Å². The van der Waals surface area contributed by atoms with Crippen molar-refractivity contribution in [1.82, 2.24) is 0 Å². The van der Waals surface area contributed by atoms with Gasteiger partial charge in [0.05, 0.1) is 0 Å². The molecule has 0 spiro atoms. The molecule has 0 saturated carbocycles. The van der Waals surface area contributed by atoms with Gasteiger partial charge in [0, 0.05) is 21.6 Å². The third kappa shape index (κ3) is 3.58. The number of para-hydroxylation sites is 1. The Hall–Kier alpha value is -1.39. The van der Waals surface area contributed by atoms with Gasteiger partial charge in [-0.3, -0.25) is 0 Å². The molecule has 2 nitrogen and oxygen atoms in total. The molecule has 1 atom stereocenters. The number of nitrogens with two attached hydrogens (primary N) is 1. The van der Waals surface area contributed by atoms with Crippen LogP contribution in [-0.4, -0.2) is 0 Å². The molecule has 2 rings (SSSR count). The second kappa shape index (κ2) is 6.86. The minimum atomic E-state index is -0.269. The van der Waals surface area contributed by atoms with Gasteiger partial charge in [-0.1, -0.05) is 47.1 Å². The summed E-state index contributed by atoms with van der Waals surface area (Å²) in [6.45, 7) is 2.41. The molecule has 0 fully saturated rings. The quantitative estimate of drug-likeness (QED) is 0.866. The van der Waals surface area contributed by atoms with Crippen molar-refractivity contribution >= 4 is 15.9 Å². The average Bonchev–Trinajstić information content (AvgIpc) is 2.46. The summed E-state index contributed by atoms with van der Waals surface area (Å²) in [7, 11) is 0. The van der Waals surface area contributed by atoms with Crippen LogP contribution in [0.25, 0.3) is 0 Å². The maximum Gasteiger partial charge on any atom is 0.124 e.